The molecule has 0 aliphatic heterocycles. The van der Waals surface area contributed by atoms with Crippen LogP contribution in [0.2, 0.25) is 5.02 Å². The van der Waals surface area contributed by atoms with E-state index in [0.717, 1.165) is 0 Å². The number of aromatic nitrogens is 1. The summed E-state index contributed by atoms with van der Waals surface area (Å²) in [6, 6.07) is 2.03. The van der Waals surface area contributed by atoms with Gasteiger partial charge in [-0.1, -0.05) is 11.6 Å². The van der Waals surface area contributed by atoms with Crippen molar-refractivity contribution < 1.29 is 22.0 Å². The molecule has 0 spiro atoms. The SMILES string of the molecule is N#CCc1cc(C(F)(F)F)c(Cl)c(C(F)F)n1. The molecule has 8 heteroatoms. The lowest BCUT2D eigenvalue weighted by atomic mass is 10.1. The zero-order chi connectivity index (χ0) is 13.2. The van der Waals surface area contributed by atoms with Crippen molar-refractivity contribution >= 4 is 11.6 Å². The van der Waals surface area contributed by atoms with Gasteiger partial charge in [-0.3, -0.25) is 0 Å². The van der Waals surface area contributed by atoms with E-state index in [9.17, 15) is 22.0 Å². The minimum Gasteiger partial charge on any atom is -0.249 e. The first-order chi connectivity index (χ1) is 7.77. The quantitative estimate of drug-likeness (QED) is 0.767. The smallest absolute Gasteiger partial charge is 0.249 e. The second-order valence-electron chi connectivity index (χ2n) is 2.99. The van der Waals surface area contributed by atoms with Crippen molar-refractivity contribution in [1.29, 1.82) is 5.26 Å². The van der Waals surface area contributed by atoms with Gasteiger partial charge in [0.25, 0.3) is 6.43 Å². The Morgan fingerprint density at radius 2 is 2.00 bits per heavy atom. The van der Waals surface area contributed by atoms with Crippen molar-refractivity contribution in [3.8, 4) is 6.07 Å². The molecular weight excluding hydrogens is 267 g/mol. The summed E-state index contributed by atoms with van der Waals surface area (Å²) in [4.78, 5) is 3.23. The van der Waals surface area contributed by atoms with E-state index in [-0.39, 0.29) is 5.69 Å². The number of nitriles is 1. The Bertz CT molecular complexity index is 464. The summed E-state index contributed by atoms with van der Waals surface area (Å²) in [5.74, 6) is 0. The molecule has 0 atom stereocenters. The molecule has 0 amide bonds. The monoisotopic (exact) mass is 270 g/mol. The molecule has 0 fully saturated rings. The van der Waals surface area contributed by atoms with Crippen LogP contribution in [0.3, 0.4) is 0 Å². The summed E-state index contributed by atoms with van der Waals surface area (Å²) in [6.07, 6.45) is -8.60. The predicted octanol–water partition coefficient (Wildman–Crippen LogP) is 3.76. The molecule has 0 radical (unpaired) electrons. The molecule has 1 heterocycles. The van der Waals surface area contributed by atoms with Gasteiger partial charge in [0.15, 0.2) is 0 Å². The van der Waals surface area contributed by atoms with Crippen molar-refractivity contribution in [1.82, 2.24) is 4.98 Å². The highest BCUT2D eigenvalue weighted by molar-refractivity contribution is 6.32. The van der Waals surface area contributed by atoms with E-state index < -0.39 is 35.3 Å². The first kappa shape index (κ1) is 13.6. The highest BCUT2D eigenvalue weighted by Crippen LogP contribution is 2.38. The van der Waals surface area contributed by atoms with E-state index in [2.05, 4.69) is 4.98 Å². The number of hydrogen-bond acceptors (Lipinski definition) is 2. The molecule has 2 nitrogen and oxygen atoms in total. The number of hydrogen-bond donors (Lipinski definition) is 0. The van der Waals surface area contributed by atoms with Crippen LogP contribution in [0.25, 0.3) is 0 Å². The van der Waals surface area contributed by atoms with Gasteiger partial charge in [0.05, 0.1) is 28.8 Å². The average molecular weight is 271 g/mol. The second-order valence-corrected chi connectivity index (χ2v) is 3.37. The van der Waals surface area contributed by atoms with Crippen molar-refractivity contribution in [3.05, 3.63) is 28.0 Å². The largest absolute Gasteiger partial charge is 0.417 e. The van der Waals surface area contributed by atoms with Crippen LogP contribution in [0.4, 0.5) is 22.0 Å². The molecule has 0 aliphatic rings. The Morgan fingerprint density at radius 3 is 2.41 bits per heavy atom. The van der Waals surface area contributed by atoms with Gasteiger partial charge in [-0.15, -0.1) is 0 Å². The van der Waals surface area contributed by atoms with Gasteiger partial charge >= 0.3 is 6.18 Å². The topological polar surface area (TPSA) is 36.7 Å². The zero-order valence-corrected chi connectivity index (χ0v) is 8.78. The van der Waals surface area contributed by atoms with Gasteiger partial charge in [-0.05, 0) is 6.07 Å². The maximum absolute atomic E-state index is 12.5. The third kappa shape index (κ3) is 3.03. The highest BCUT2D eigenvalue weighted by Gasteiger charge is 2.36. The van der Waals surface area contributed by atoms with Crippen LogP contribution in [-0.4, -0.2) is 4.98 Å². The number of rotatable bonds is 2. The fraction of sp³-hybridized carbons (Fsp3) is 0.333. The Labute approximate surface area is 97.6 Å². The summed E-state index contributed by atoms with van der Waals surface area (Å²) in [5.41, 5.74) is -2.96. The molecular formula is C9H4ClF5N2. The van der Waals surface area contributed by atoms with Gasteiger partial charge in [0.1, 0.15) is 5.69 Å². The van der Waals surface area contributed by atoms with Crippen LogP contribution >= 0.6 is 11.6 Å². The molecule has 0 N–H and O–H groups in total. The van der Waals surface area contributed by atoms with E-state index in [1.165, 1.54) is 6.07 Å². The third-order valence-electron chi connectivity index (χ3n) is 1.81. The van der Waals surface area contributed by atoms with Crippen LogP contribution in [-0.2, 0) is 12.6 Å². The van der Waals surface area contributed by atoms with Crippen molar-refractivity contribution in [3.63, 3.8) is 0 Å². The lowest BCUT2D eigenvalue weighted by Crippen LogP contribution is -2.10. The Kier molecular flexibility index (Phi) is 3.88. The molecule has 0 bridgehead atoms. The summed E-state index contributed by atoms with van der Waals surface area (Å²) >= 11 is 5.22. The third-order valence-corrected chi connectivity index (χ3v) is 2.21. The molecule has 0 aromatic carbocycles. The highest BCUT2D eigenvalue weighted by atomic mass is 35.5. The Hall–Kier alpha value is -1.42. The van der Waals surface area contributed by atoms with Crippen LogP contribution in [0.15, 0.2) is 6.07 Å². The Balaban J connectivity index is 3.44. The number of nitrogens with zero attached hydrogens (tertiary/aromatic N) is 2. The molecule has 1 aromatic rings. The van der Waals surface area contributed by atoms with Crippen molar-refractivity contribution in [2.45, 2.75) is 19.0 Å². The van der Waals surface area contributed by atoms with E-state index in [1.807, 2.05) is 0 Å². The second kappa shape index (κ2) is 4.84. The number of alkyl halides is 5. The average Bonchev–Trinajstić information content (AvgIpc) is 2.18. The molecule has 1 rings (SSSR count). The standard InChI is InChI=1S/C9H4ClF5N2/c10-6-5(9(13,14)15)3-4(1-2-16)17-7(6)8(11)12/h3,8H,1H2. The van der Waals surface area contributed by atoms with Gasteiger partial charge < -0.3 is 0 Å². The van der Waals surface area contributed by atoms with E-state index >= 15 is 0 Å². The minimum atomic E-state index is -4.87. The zero-order valence-electron chi connectivity index (χ0n) is 8.02. The molecule has 0 saturated carbocycles. The first-order valence-corrected chi connectivity index (χ1v) is 4.56. The Morgan fingerprint density at radius 1 is 1.41 bits per heavy atom. The molecule has 0 aliphatic carbocycles. The summed E-state index contributed by atoms with van der Waals surface area (Å²) < 4.78 is 62.3. The molecule has 92 valence electrons. The van der Waals surface area contributed by atoms with E-state index in [0.29, 0.717) is 6.07 Å². The fourth-order valence-electron chi connectivity index (χ4n) is 1.13. The van der Waals surface area contributed by atoms with Crippen LogP contribution in [0.1, 0.15) is 23.4 Å². The van der Waals surface area contributed by atoms with Crippen LogP contribution in [0.5, 0.6) is 0 Å². The normalized spacial score (nSPS) is 11.6. The molecule has 0 saturated heterocycles. The summed E-state index contributed by atoms with van der Waals surface area (Å²) in [5, 5.41) is 7.19. The lowest BCUT2D eigenvalue weighted by Gasteiger charge is -2.13. The van der Waals surface area contributed by atoms with Gasteiger partial charge in [-0.2, -0.15) is 18.4 Å². The predicted molar refractivity (Wildman–Crippen MR) is 48.5 cm³/mol. The van der Waals surface area contributed by atoms with E-state index in [4.69, 9.17) is 16.9 Å². The summed E-state index contributed by atoms with van der Waals surface area (Å²) in [6.45, 7) is 0. The molecule has 1 aromatic heterocycles. The molecule has 17 heavy (non-hydrogen) atoms. The maximum atomic E-state index is 12.5. The van der Waals surface area contributed by atoms with Gasteiger partial charge in [0.2, 0.25) is 0 Å². The minimum absolute atomic E-state index is 0.389. The summed E-state index contributed by atoms with van der Waals surface area (Å²) in [7, 11) is 0. The molecule has 0 unspecified atom stereocenters. The maximum Gasteiger partial charge on any atom is 0.417 e. The van der Waals surface area contributed by atoms with Gasteiger partial charge in [0, 0.05) is 0 Å². The first-order valence-electron chi connectivity index (χ1n) is 4.19. The van der Waals surface area contributed by atoms with Crippen LogP contribution < -0.4 is 0 Å². The van der Waals surface area contributed by atoms with Crippen molar-refractivity contribution in [2.75, 3.05) is 0 Å². The van der Waals surface area contributed by atoms with Gasteiger partial charge in [-0.25, -0.2) is 13.8 Å². The fourth-order valence-corrected chi connectivity index (χ4v) is 1.41. The van der Waals surface area contributed by atoms with Crippen LogP contribution in [0, 0.1) is 11.3 Å². The number of pyridine rings is 1. The van der Waals surface area contributed by atoms with Crippen molar-refractivity contribution in [2.24, 2.45) is 0 Å². The number of halogens is 6. The van der Waals surface area contributed by atoms with E-state index in [1.54, 1.807) is 0 Å². The lowest BCUT2D eigenvalue weighted by molar-refractivity contribution is -0.137.